The number of hydrogen-bond acceptors (Lipinski definition) is 19. The van der Waals surface area contributed by atoms with Crippen molar-refractivity contribution >= 4 is 124 Å². The third-order valence-corrected chi connectivity index (χ3v) is 16.3. The summed E-state index contributed by atoms with van der Waals surface area (Å²) in [6.45, 7) is 9.03. The zero-order chi connectivity index (χ0) is 67.7. The van der Waals surface area contributed by atoms with Crippen LogP contribution in [0.4, 0.5) is 0 Å². The highest BCUT2D eigenvalue weighted by atomic mass is 32.2. The molecule has 0 spiro atoms. The lowest BCUT2D eigenvalue weighted by Gasteiger charge is -2.28. The van der Waals surface area contributed by atoms with Crippen LogP contribution in [0.1, 0.15) is 98.5 Å². The number of carbonyl (C=O) groups is 14. The molecule has 8 atom stereocenters. The SMILES string of the molecule is CC(C)(C)SC[C@H](NC(=O)[C@H](Cc1ccccc1)NC(=O)[C@H](CSC(C)(C)C)NC(=O)[C@H](CC(=O)O)NC(=O)CNC(=O)[C@H](CCCNC(=N)N)NC(=O)[C@@H]1CSCCC(=O)N[C@@H](CCCCN)C(=O)N[C@@H](CC(=O)O)C(=O)N1)C(=O)NCC(=O)NCC(=O)O. The number of aliphatic carboxylic acids is 3. The van der Waals surface area contributed by atoms with Crippen LogP contribution < -0.4 is 75.3 Å². The molecule has 0 bridgehead atoms. The first-order valence-electron chi connectivity index (χ1n) is 28.7. The summed E-state index contributed by atoms with van der Waals surface area (Å²) < 4.78 is -0.981. The first-order chi connectivity index (χ1) is 42.2. The van der Waals surface area contributed by atoms with Crippen molar-refractivity contribution in [2.24, 2.45) is 11.5 Å². The fourth-order valence-corrected chi connectivity index (χ4v) is 10.7. The Bertz CT molecular complexity index is 2680. The molecule has 1 saturated heterocycles. The second-order valence-corrected chi connectivity index (χ2v) is 27.4. The van der Waals surface area contributed by atoms with Crippen molar-refractivity contribution in [3.63, 3.8) is 0 Å². The number of unbranched alkanes of at least 4 members (excludes halogenated alkanes) is 1. The molecule has 1 fully saturated rings. The molecule has 1 aromatic carbocycles. The summed E-state index contributed by atoms with van der Waals surface area (Å²) in [6, 6.07) is -3.67. The topological polar surface area (TPSA) is 520 Å². The summed E-state index contributed by atoms with van der Waals surface area (Å²) in [5.74, 6) is -15.4. The molecular weight excluding hydrogens is 1240 g/mol. The van der Waals surface area contributed by atoms with Crippen LogP contribution in [0.3, 0.4) is 0 Å². The maximum atomic E-state index is 14.5. The van der Waals surface area contributed by atoms with Gasteiger partial charge in [0.25, 0.3) is 0 Å². The molecule has 502 valence electrons. The van der Waals surface area contributed by atoms with Crippen molar-refractivity contribution in [2.45, 2.75) is 157 Å². The average molecular weight is 1330 g/mol. The highest BCUT2D eigenvalue weighted by molar-refractivity contribution is 8.00. The zero-order valence-corrected chi connectivity index (χ0v) is 53.6. The van der Waals surface area contributed by atoms with Gasteiger partial charge in [0.1, 0.15) is 54.9 Å². The van der Waals surface area contributed by atoms with Gasteiger partial charge in [0.15, 0.2) is 5.96 Å². The van der Waals surface area contributed by atoms with Crippen LogP contribution in [0, 0.1) is 5.41 Å². The van der Waals surface area contributed by atoms with Gasteiger partial charge in [-0.25, -0.2) is 0 Å². The third kappa shape index (κ3) is 33.6. The van der Waals surface area contributed by atoms with E-state index in [9.17, 15) is 77.3 Å². The molecule has 0 saturated carbocycles. The fourth-order valence-electron chi connectivity index (χ4n) is 7.93. The van der Waals surface area contributed by atoms with Crippen LogP contribution >= 0.6 is 35.3 Å². The number of guanidine groups is 1. The Morgan fingerprint density at radius 2 is 1.18 bits per heavy atom. The van der Waals surface area contributed by atoms with Gasteiger partial charge >= 0.3 is 17.9 Å². The molecule has 0 radical (unpaired) electrons. The van der Waals surface area contributed by atoms with Crippen molar-refractivity contribution in [1.29, 1.82) is 5.41 Å². The minimum Gasteiger partial charge on any atom is -0.481 e. The van der Waals surface area contributed by atoms with Gasteiger partial charge in [0.05, 0.1) is 25.9 Å². The number of rotatable bonds is 35. The Labute approximate surface area is 533 Å². The van der Waals surface area contributed by atoms with Gasteiger partial charge in [0.2, 0.25) is 65.0 Å². The fraction of sp³-hybridized carbons (Fsp3) is 0.618. The van der Waals surface area contributed by atoms with Gasteiger partial charge in [-0.3, -0.25) is 72.5 Å². The van der Waals surface area contributed by atoms with Crippen LogP contribution in [0.25, 0.3) is 0 Å². The summed E-state index contributed by atoms with van der Waals surface area (Å²) in [5, 5.41) is 65.3. The molecule has 1 aliphatic rings. The van der Waals surface area contributed by atoms with E-state index in [2.05, 4.69) is 63.8 Å². The number of carbonyl (C=O) groups excluding carboxylic acids is 11. The Balaban J connectivity index is 2.43. The average Bonchev–Trinajstić information content (AvgIpc) is 1.80. The number of thioether (sulfide) groups is 3. The Kier molecular flexibility index (Phi) is 34.7. The van der Waals surface area contributed by atoms with E-state index in [1.54, 1.807) is 30.3 Å². The summed E-state index contributed by atoms with van der Waals surface area (Å²) >= 11 is 3.53. The van der Waals surface area contributed by atoms with Crippen LogP contribution in [-0.2, 0) is 73.5 Å². The summed E-state index contributed by atoms with van der Waals surface area (Å²) in [4.78, 5) is 185. The number of benzene rings is 1. The number of carboxylic acid groups (broad SMARTS) is 3. The van der Waals surface area contributed by atoms with Crippen LogP contribution in [-0.4, -0.2) is 218 Å². The molecule has 90 heavy (non-hydrogen) atoms. The molecule has 1 heterocycles. The predicted octanol–water partition coefficient (Wildman–Crippen LogP) is -3.92. The second-order valence-electron chi connectivity index (χ2n) is 22.5. The van der Waals surface area contributed by atoms with E-state index in [0.29, 0.717) is 24.9 Å². The van der Waals surface area contributed by atoms with Crippen LogP contribution in [0.5, 0.6) is 0 Å². The molecule has 2 rings (SSSR count). The van der Waals surface area contributed by atoms with E-state index in [-0.39, 0.29) is 61.7 Å². The Morgan fingerprint density at radius 3 is 1.74 bits per heavy atom. The summed E-state index contributed by atoms with van der Waals surface area (Å²) in [7, 11) is 0. The molecule has 0 unspecified atom stereocenters. The van der Waals surface area contributed by atoms with E-state index in [1.165, 1.54) is 23.5 Å². The van der Waals surface area contributed by atoms with E-state index in [0.717, 1.165) is 11.8 Å². The minimum absolute atomic E-state index is 0.00971. The maximum absolute atomic E-state index is 14.5. The molecule has 1 aromatic rings. The van der Waals surface area contributed by atoms with Gasteiger partial charge in [-0.05, 0) is 44.2 Å². The predicted molar refractivity (Wildman–Crippen MR) is 335 cm³/mol. The van der Waals surface area contributed by atoms with Crippen molar-refractivity contribution in [1.82, 2.24) is 63.8 Å². The first kappa shape index (κ1) is 78.2. The van der Waals surface area contributed by atoms with Gasteiger partial charge in [-0.15, -0.1) is 0 Å². The molecule has 0 aromatic heterocycles. The third-order valence-electron chi connectivity index (χ3n) is 12.5. The van der Waals surface area contributed by atoms with E-state index >= 15 is 0 Å². The lowest BCUT2D eigenvalue weighted by atomic mass is 10.0. The number of nitrogens with two attached hydrogens (primary N) is 2. The molecule has 1 aliphatic heterocycles. The molecule has 20 N–H and O–H groups in total. The van der Waals surface area contributed by atoms with Crippen molar-refractivity contribution < 1.29 is 82.4 Å². The zero-order valence-electron chi connectivity index (χ0n) is 51.2. The minimum atomic E-state index is -1.90. The van der Waals surface area contributed by atoms with Gasteiger partial charge in [0, 0.05) is 51.9 Å². The van der Waals surface area contributed by atoms with Gasteiger partial charge < -0.3 is 90.6 Å². The highest BCUT2D eigenvalue weighted by Gasteiger charge is 2.36. The number of hydrogen-bond donors (Lipinski definition) is 18. The van der Waals surface area contributed by atoms with E-state index in [4.69, 9.17) is 22.0 Å². The van der Waals surface area contributed by atoms with Gasteiger partial charge in [-0.1, -0.05) is 71.9 Å². The maximum Gasteiger partial charge on any atom is 0.322 e. The molecule has 35 heteroatoms. The highest BCUT2D eigenvalue weighted by Crippen LogP contribution is 2.25. The lowest BCUT2D eigenvalue weighted by Crippen LogP contribution is -2.60. The van der Waals surface area contributed by atoms with Crippen molar-refractivity contribution in [3.8, 4) is 0 Å². The molecule has 11 amide bonds. The largest absolute Gasteiger partial charge is 0.481 e. The van der Waals surface area contributed by atoms with Crippen molar-refractivity contribution in [2.75, 3.05) is 55.7 Å². The second kappa shape index (κ2) is 40.0. The Hall–Kier alpha value is -7.92. The first-order valence-corrected chi connectivity index (χ1v) is 31.8. The number of nitrogens with one attached hydrogen (secondary N) is 13. The smallest absolute Gasteiger partial charge is 0.322 e. The summed E-state index contributed by atoms with van der Waals surface area (Å²) in [6.07, 6.45) is -1.36. The Morgan fingerprint density at radius 1 is 0.622 bits per heavy atom. The number of amides is 11. The number of carboxylic acids is 3. The molecule has 32 nitrogen and oxygen atoms in total. The lowest BCUT2D eigenvalue weighted by molar-refractivity contribution is -0.141. The monoisotopic (exact) mass is 1330 g/mol. The van der Waals surface area contributed by atoms with Crippen LogP contribution in [0.2, 0.25) is 0 Å². The summed E-state index contributed by atoms with van der Waals surface area (Å²) in [5.41, 5.74) is 11.6. The van der Waals surface area contributed by atoms with E-state index < -0.39 is 179 Å². The van der Waals surface area contributed by atoms with Crippen molar-refractivity contribution in [3.05, 3.63) is 35.9 Å². The van der Waals surface area contributed by atoms with Crippen LogP contribution in [0.15, 0.2) is 30.3 Å². The normalized spacial score (nSPS) is 17.2. The molecule has 0 aliphatic carbocycles. The van der Waals surface area contributed by atoms with E-state index in [1.807, 2.05) is 41.5 Å². The van der Waals surface area contributed by atoms with Gasteiger partial charge in [-0.2, -0.15) is 35.3 Å². The quantitative estimate of drug-likeness (QED) is 0.0175. The standard InChI is InChI=1S/C55H87N15O17S3/c1-54(2,3)89-28-37(46(81)61-24-40(72)60-26-44(78)79)69-48(83)33(21-30-13-8-7-9-14-30)66-52(87)38(29-90-55(4,5)6)70-49(84)34(22-42(74)75)64-41(73)25-62-45(80)31(16-12-19-59-53(57)58)65-51(86)36-27-88-20-17-39(71)63-32(15-10-11-18-56)47(82)67-35(23-43(76)77)50(85)68-36/h7-9,13-14,31-38H,10-12,15-29,56H2,1-6H3,(H,60,72)(H,61,81)(H,62,80)(H,63,71)(H,64,73)(H,65,86)(H,66,87)(H,67,82)(H,68,85)(H,69,83)(H,70,84)(H,74,75)(H,76,77)(H,78,79)(H4,57,58,59)/t31-,32-,33-,34-,35-,36-,37-,38-/m0/s1. The molecular formula is C55H87N15O17S3.